The minimum Gasteiger partial charge on any atom is -0.469 e. The SMILES string of the molecule is COC(=O)CC[C@@H](C)[C@@H]1CC[C@@H]2[C@H]3CC[C@H](C(=O)OC)[C@@](C)(CCC(=O)OC)[C@@H]3CC(=O)[C@@]21C. The summed E-state index contributed by atoms with van der Waals surface area (Å²) in [4.78, 5) is 50.4. The second kappa shape index (κ2) is 10.4. The molecule has 7 heteroatoms. The van der Waals surface area contributed by atoms with Crippen LogP contribution in [0, 0.1) is 46.3 Å². The number of hydrogen-bond donors (Lipinski definition) is 0. The summed E-state index contributed by atoms with van der Waals surface area (Å²) < 4.78 is 14.9. The highest BCUT2D eigenvalue weighted by atomic mass is 16.5. The molecule has 0 saturated heterocycles. The summed E-state index contributed by atoms with van der Waals surface area (Å²) in [6.07, 6.45) is 5.87. The molecule has 0 aromatic heterocycles. The van der Waals surface area contributed by atoms with Crippen molar-refractivity contribution in [3.8, 4) is 0 Å². The van der Waals surface area contributed by atoms with Crippen LogP contribution in [0.2, 0.25) is 0 Å². The van der Waals surface area contributed by atoms with Gasteiger partial charge in [-0.15, -0.1) is 0 Å². The largest absolute Gasteiger partial charge is 0.469 e. The number of hydrogen-bond acceptors (Lipinski definition) is 7. The van der Waals surface area contributed by atoms with Crippen molar-refractivity contribution in [3.05, 3.63) is 0 Å². The Morgan fingerprint density at radius 1 is 0.912 bits per heavy atom. The highest BCUT2D eigenvalue weighted by Crippen LogP contribution is 2.66. The van der Waals surface area contributed by atoms with E-state index in [1.807, 2.05) is 0 Å². The van der Waals surface area contributed by atoms with Crippen molar-refractivity contribution in [1.29, 1.82) is 0 Å². The molecule has 0 aromatic rings. The van der Waals surface area contributed by atoms with Crippen molar-refractivity contribution in [2.75, 3.05) is 21.3 Å². The van der Waals surface area contributed by atoms with E-state index in [2.05, 4.69) is 20.8 Å². The van der Waals surface area contributed by atoms with Crippen molar-refractivity contribution < 1.29 is 33.4 Å². The first kappa shape index (κ1) is 26.7. The van der Waals surface area contributed by atoms with Crippen LogP contribution < -0.4 is 0 Å². The number of fused-ring (bicyclic) bond motifs is 3. The van der Waals surface area contributed by atoms with E-state index in [4.69, 9.17) is 14.2 Å². The lowest BCUT2D eigenvalue weighted by Crippen LogP contribution is -2.57. The molecule has 0 heterocycles. The fourth-order valence-corrected chi connectivity index (χ4v) is 8.12. The molecule has 3 saturated carbocycles. The molecule has 192 valence electrons. The molecule has 3 aliphatic rings. The van der Waals surface area contributed by atoms with Gasteiger partial charge in [-0.25, -0.2) is 0 Å². The molecule has 0 amide bonds. The van der Waals surface area contributed by atoms with Crippen LogP contribution in [-0.4, -0.2) is 45.0 Å². The zero-order chi connectivity index (χ0) is 25.3. The molecule has 0 aliphatic heterocycles. The summed E-state index contributed by atoms with van der Waals surface area (Å²) in [6, 6.07) is 0. The van der Waals surface area contributed by atoms with Gasteiger partial charge >= 0.3 is 17.9 Å². The number of rotatable bonds is 8. The van der Waals surface area contributed by atoms with E-state index >= 15 is 0 Å². The number of carbonyl (C=O) groups is 4. The van der Waals surface area contributed by atoms with E-state index in [1.165, 1.54) is 21.3 Å². The lowest BCUT2D eigenvalue weighted by atomic mass is 9.45. The van der Waals surface area contributed by atoms with Crippen LogP contribution in [0.1, 0.15) is 78.6 Å². The molecule has 0 N–H and O–H groups in total. The van der Waals surface area contributed by atoms with Crippen molar-refractivity contribution in [3.63, 3.8) is 0 Å². The summed E-state index contributed by atoms with van der Waals surface area (Å²) in [5.41, 5.74) is -0.895. The van der Waals surface area contributed by atoms with Gasteiger partial charge in [0.1, 0.15) is 5.78 Å². The Hall–Kier alpha value is -1.92. The van der Waals surface area contributed by atoms with Gasteiger partial charge in [0.2, 0.25) is 0 Å². The molecule has 0 aromatic carbocycles. The van der Waals surface area contributed by atoms with Crippen LogP contribution in [0.15, 0.2) is 0 Å². The van der Waals surface area contributed by atoms with Crippen LogP contribution >= 0.6 is 0 Å². The number of esters is 3. The third-order valence-electron chi connectivity index (χ3n) is 10.1. The van der Waals surface area contributed by atoms with E-state index in [0.29, 0.717) is 25.2 Å². The maximum Gasteiger partial charge on any atom is 0.309 e. The maximum absolute atomic E-state index is 13.9. The Morgan fingerprint density at radius 3 is 2.18 bits per heavy atom. The second-order valence-electron chi connectivity index (χ2n) is 11.3. The van der Waals surface area contributed by atoms with Gasteiger partial charge in [-0.2, -0.15) is 0 Å². The lowest BCUT2D eigenvalue weighted by Gasteiger charge is -2.58. The Morgan fingerprint density at radius 2 is 1.56 bits per heavy atom. The Kier molecular flexibility index (Phi) is 8.14. The van der Waals surface area contributed by atoms with E-state index in [1.54, 1.807) is 0 Å². The summed E-state index contributed by atoms with van der Waals surface area (Å²) in [5, 5.41) is 0. The van der Waals surface area contributed by atoms with E-state index in [-0.39, 0.29) is 59.7 Å². The van der Waals surface area contributed by atoms with Gasteiger partial charge in [-0.05, 0) is 73.5 Å². The quantitative estimate of drug-likeness (QED) is 0.378. The number of carbonyl (C=O) groups excluding carboxylic acids is 4. The van der Waals surface area contributed by atoms with Gasteiger partial charge in [0.05, 0.1) is 27.2 Å². The van der Waals surface area contributed by atoms with Crippen LogP contribution in [0.3, 0.4) is 0 Å². The highest BCUT2D eigenvalue weighted by Gasteiger charge is 2.64. The molecule has 0 spiro atoms. The summed E-state index contributed by atoms with van der Waals surface area (Å²) in [5.74, 6) is 0.365. The zero-order valence-electron chi connectivity index (χ0n) is 21.7. The molecule has 8 atom stereocenters. The average molecular weight is 479 g/mol. The Bertz CT molecular complexity index is 807. The predicted molar refractivity (Wildman–Crippen MR) is 125 cm³/mol. The van der Waals surface area contributed by atoms with Crippen molar-refractivity contribution in [2.24, 2.45) is 46.3 Å². The normalized spacial score (nSPS) is 37.8. The lowest BCUT2D eigenvalue weighted by molar-refractivity contribution is -0.171. The van der Waals surface area contributed by atoms with Gasteiger partial charge in [-0.3, -0.25) is 19.2 Å². The number of methoxy groups -OCH3 is 3. The highest BCUT2D eigenvalue weighted by molar-refractivity contribution is 5.87. The van der Waals surface area contributed by atoms with E-state index in [9.17, 15) is 19.2 Å². The first-order valence-electron chi connectivity index (χ1n) is 12.8. The minimum atomic E-state index is -0.490. The molecule has 7 nitrogen and oxygen atoms in total. The van der Waals surface area contributed by atoms with Crippen LogP contribution in [-0.2, 0) is 33.4 Å². The standard InChI is InChI=1S/C27H42O7/c1-16(7-12-23(29)32-4)18-10-11-19-17-8-9-20(25(31)34-6)26(2,14-13-24(30)33-5)21(17)15-22(28)27(18,19)3/h16-21H,7-15H2,1-6H3/t16-,17-,18+,19-,20-,21-,26-,27-/m1/s1. The Balaban J connectivity index is 1.87. The monoisotopic (exact) mass is 478 g/mol. The molecule has 34 heavy (non-hydrogen) atoms. The molecule has 0 radical (unpaired) electrons. The van der Waals surface area contributed by atoms with Gasteiger partial charge in [0, 0.05) is 24.7 Å². The minimum absolute atomic E-state index is 0.0460. The smallest absolute Gasteiger partial charge is 0.309 e. The molecule has 0 bridgehead atoms. The molecule has 3 rings (SSSR count). The van der Waals surface area contributed by atoms with Crippen LogP contribution in [0.25, 0.3) is 0 Å². The first-order valence-corrected chi connectivity index (χ1v) is 12.8. The fraction of sp³-hybridized carbons (Fsp3) is 0.852. The van der Waals surface area contributed by atoms with Crippen molar-refractivity contribution in [2.45, 2.75) is 78.6 Å². The number of ketones is 1. The third-order valence-corrected chi connectivity index (χ3v) is 10.1. The molecule has 0 unspecified atom stereocenters. The number of Topliss-reactive ketones (excluding diaryl/α,β-unsaturated/α-hetero) is 1. The average Bonchev–Trinajstić information content (AvgIpc) is 3.20. The first-order chi connectivity index (χ1) is 16.0. The van der Waals surface area contributed by atoms with Gasteiger partial charge in [0.25, 0.3) is 0 Å². The van der Waals surface area contributed by atoms with Crippen molar-refractivity contribution >= 4 is 23.7 Å². The van der Waals surface area contributed by atoms with Crippen LogP contribution in [0.4, 0.5) is 0 Å². The van der Waals surface area contributed by atoms with Gasteiger partial charge in [-0.1, -0.05) is 20.8 Å². The Labute approximate surface area is 203 Å². The van der Waals surface area contributed by atoms with Gasteiger partial charge in [0.15, 0.2) is 0 Å². The van der Waals surface area contributed by atoms with E-state index < -0.39 is 10.8 Å². The summed E-state index contributed by atoms with van der Waals surface area (Å²) in [6.45, 7) is 6.39. The second-order valence-corrected chi connectivity index (χ2v) is 11.3. The predicted octanol–water partition coefficient (Wildman–Crippen LogP) is 4.36. The van der Waals surface area contributed by atoms with Gasteiger partial charge < -0.3 is 14.2 Å². The fourth-order valence-electron chi connectivity index (χ4n) is 8.12. The zero-order valence-corrected chi connectivity index (χ0v) is 21.7. The summed E-state index contributed by atoms with van der Waals surface area (Å²) in [7, 11) is 4.20. The third kappa shape index (κ3) is 4.51. The topological polar surface area (TPSA) is 96.0 Å². The molecule has 3 fully saturated rings. The van der Waals surface area contributed by atoms with Crippen LogP contribution in [0.5, 0.6) is 0 Å². The maximum atomic E-state index is 13.9. The number of ether oxygens (including phenoxy) is 3. The van der Waals surface area contributed by atoms with Crippen molar-refractivity contribution in [1.82, 2.24) is 0 Å². The molecular formula is C27H42O7. The van der Waals surface area contributed by atoms with E-state index in [0.717, 1.165) is 32.1 Å². The molecule has 3 aliphatic carbocycles. The molecular weight excluding hydrogens is 436 g/mol. The summed E-state index contributed by atoms with van der Waals surface area (Å²) >= 11 is 0.